The number of carboxylic acid groups (broad SMARTS) is 1. The van der Waals surface area contributed by atoms with Crippen LogP contribution in [0.2, 0.25) is 5.02 Å². The van der Waals surface area contributed by atoms with Crippen molar-refractivity contribution in [3.63, 3.8) is 0 Å². The normalized spacial score (nSPS) is 10.2. The number of nitrogens with zero attached hydrogens (tertiary/aromatic N) is 1. The fourth-order valence-corrected chi connectivity index (χ4v) is 1.97. The van der Waals surface area contributed by atoms with Crippen LogP contribution in [0.3, 0.4) is 0 Å². The number of benzene rings is 2. The van der Waals surface area contributed by atoms with Gasteiger partial charge in [-0.2, -0.15) is 0 Å². The Bertz CT molecular complexity index is 673. The van der Waals surface area contributed by atoms with E-state index in [4.69, 9.17) is 26.2 Å². The van der Waals surface area contributed by atoms with Gasteiger partial charge in [0.05, 0.1) is 6.54 Å². The van der Waals surface area contributed by atoms with Crippen LogP contribution in [-0.4, -0.2) is 36.3 Å². The van der Waals surface area contributed by atoms with Crippen LogP contribution in [0.1, 0.15) is 5.56 Å². The molecule has 0 radical (unpaired) electrons. The molecule has 0 saturated heterocycles. The number of ether oxygens (including phenoxy) is 2. The lowest BCUT2D eigenvalue weighted by molar-refractivity contribution is 0.147. The third-order valence-corrected chi connectivity index (χ3v) is 3.46. The van der Waals surface area contributed by atoms with Crippen molar-refractivity contribution in [2.24, 2.45) is 0 Å². The zero-order valence-electron chi connectivity index (χ0n) is 13.0. The van der Waals surface area contributed by atoms with Crippen molar-refractivity contribution in [3.05, 3.63) is 53.1 Å². The largest absolute Gasteiger partial charge is 0.492 e. The van der Waals surface area contributed by atoms with Gasteiger partial charge in [-0.25, -0.2) is 4.79 Å². The van der Waals surface area contributed by atoms with Gasteiger partial charge in [-0.15, -0.1) is 0 Å². The van der Waals surface area contributed by atoms with E-state index in [2.05, 4.69) is 0 Å². The van der Waals surface area contributed by atoms with Gasteiger partial charge in [0.15, 0.2) is 0 Å². The molecule has 0 heterocycles. The van der Waals surface area contributed by atoms with Gasteiger partial charge in [-0.1, -0.05) is 17.7 Å². The molecule has 0 atom stereocenters. The van der Waals surface area contributed by atoms with Crippen LogP contribution < -0.4 is 9.47 Å². The summed E-state index contributed by atoms with van der Waals surface area (Å²) in [5.41, 5.74) is 0.992. The molecule has 0 saturated carbocycles. The van der Waals surface area contributed by atoms with E-state index in [1.54, 1.807) is 30.3 Å². The lowest BCUT2D eigenvalue weighted by Crippen LogP contribution is -2.29. The third kappa shape index (κ3) is 5.07. The first-order valence-corrected chi connectivity index (χ1v) is 7.44. The molecule has 2 rings (SSSR count). The Balaban J connectivity index is 1.92. The molecule has 0 aliphatic heterocycles. The van der Waals surface area contributed by atoms with E-state index >= 15 is 0 Å². The maximum absolute atomic E-state index is 10.7. The zero-order chi connectivity index (χ0) is 16.8. The first-order chi connectivity index (χ1) is 11.0. The molecule has 0 aliphatic rings. The summed E-state index contributed by atoms with van der Waals surface area (Å²) in [5, 5.41) is 9.36. The molecule has 0 bridgehead atoms. The molecule has 0 aliphatic carbocycles. The summed E-state index contributed by atoms with van der Waals surface area (Å²) in [6, 6.07) is 12.6. The second kappa shape index (κ2) is 7.74. The van der Waals surface area contributed by atoms with Gasteiger partial charge < -0.3 is 19.5 Å². The van der Waals surface area contributed by atoms with Crippen LogP contribution in [0.25, 0.3) is 0 Å². The molecule has 0 unspecified atom stereocenters. The highest BCUT2D eigenvalue weighted by atomic mass is 35.5. The molecule has 122 valence electrons. The molecule has 1 amide bonds. The van der Waals surface area contributed by atoms with Gasteiger partial charge in [0.1, 0.15) is 23.9 Å². The fraction of sp³-hybridized carbons (Fsp3) is 0.235. The number of amides is 1. The van der Waals surface area contributed by atoms with Crippen molar-refractivity contribution in [1.29, 1.82) is 0 Å². The number of rotatable bonds is 6. The summed E-state index contributed by atoms with van der Waals surface area (Å²) in [5.74, 6) is 2.03. The molecular formula is C17H18ClNO4. The second-order valence-corrected chi connectivity index (χ2v) is 5.47. The SMILES string of the molecule is Cc1ccc(Cl)cc1Oc1ccc(OCCN(C)C(=O)O)cc1. The van der Waals surface area contributed by atoms with Gasteiger partial charge in [-0.05, 0) is 48.9 Å². The topological polar surface area (TPSA) is 59.0 Å². The number of likely N-dealkylation sites (N-methyl/N-ethyl adjacent to an activating group) is 1. The minimum Gasteiger partial charge on any atom is -0.492 e. The average molecular weight is 336 g/mol. The Labute approximate surface area is 140 Å². The fourth-order valence-electron chi connectivity index (χ4n) is 1.81. The van der Waals surface area contributed by atoms with E-state index in [1.807, 2.05) is 19.1 Å². The number of halogens is 1. The van der Waals surface area contributed by atoms with Crippen molar-refractivity contribution < 1.29 is 19.4 Å². The molecule has 5 nitrogen and oxygen atoms in total. The first kappa shape index (κ1) is 17.0. The Morgan fingerprint density at radius 2 is 1.83 bits per heavy atom. The predicted octanol–water partition coefficient (Wildman–Crippen LogP) is 4.43. The lowest BCUT2D eigenvalue weighted by atomic mass is 10.2. The highest BCUT2D eigenvalue weighted by Crippen LogP contribution is 2.28. The number of carbonyl (C=O) groups is 1. The Morgan fingerprint density at radius 1 is 1.17 bits per heavy atom. The average Bonchev–Trinajstić information content (AvgIpc) is 2.52. The molecule has 0 aromatic heterocycles. The van der Waals surface area contributed by atoms with Crippen molar-refractivity contribution in [2.45, 2.75) is 6.92 Å². The minimum absolute atomic E-state index is 0.288. The molecule has 2 aromatic rings. The summed E-state index contributed by atoms with van der Waals surface area (Å²) in [4.78, 5) is 11.8. The van der Waals surface area contributed by atoms with Gasteiger partial charge in [0, 0.05) is 12.1 Å². The third-order valence-electron chi connectivity index (χ3n) is 3.22. The maximum Gasteiger partial charge on any atom is 0.407 e. The maximum atomic E-state index is 10.7. The summed E-state index contributed by atoms with van der Waals surface area (Å²) < 4.78 is 11.3. The summed E-state index contributed by atoms with van der Waals surface area (Å²) in [7, 11) is 1.50. The van der Waals surface area contributed by atoms with E-state index in [9.17, 15) is 4.79 Å². The van der Waals surface area contributed by atoms with Gasteiger partial charge in [0.2, 0.25) is 0 Å². The quantitative estimate of drug-likeness (QED) is 0.848. The van der Waals surface area contributed by atoms with Crippen molar-refractivity contribution in [3.8, 4) is 17.2 Å². The standard InChI is InChI=1S/C17H18ClNO4/c1-12-3-4-13(18)11-16(12)23-15-7-5-14(6-8-15)22-10-9-19(2)17(20)21/h3-8,11H,9-10H2,1-2H3,(H,20,21). The van der Waals surface area contributed by atoms with Crippen molar-refractivity contribution in [1.82, 2.24) is 4.90 Å². The summed E-state index contributed by atoms with van der Waals surface area (Å²) in [6.45, 7) is 2.54. The van der Waals surface area contributed by atoms with Crippen molar-refractivity contribution in [2.75, 3.05) is 20.2 Å². The molecule has 23 heavy (non-hydrogen) atoms. The zero-order valence-corrected chi connectivity index (χ0v) is 13.7. The Morgan fingerprint density at radius 3 is 2.48 bits per heavy atom. The van der Waals surface area contributed by atoms with Crippen LogP contribution in [0.15, 0.2) is 42.5 Å². The molecule has 2 aromatic carbocycles. The van der Waals surface area contributed by atoms with Crippen LogP contribution in [-0.2, 0) is 0 Å². The van der Waals surface area contributed by atoms with Crippen LogP contribution in [0, 0.1) is 6.92 Å². The minimum atomic E-state index is -0.978. The molecule has 0 fully saturated rings. The van der Waals surface area contributed by atoms with Crippen LogP contribution >= 0.6 is 11.6 Å². The monoisotopic (exact) mass is 335 g/mol. The first-order valence-electron chi connectivity index (χ1n) is 7.06. The predicted molar refractivity (Wildman–Crippen MR) is 88.9 cm³/mol. The smallest absolute Gasteiger partial charge is 0.407 e. The molecular weight excluding hydrogens is 318 g/mol. The second-order valence-electron chi connectivity index (χ2n) is 5.04. The van der Waals surface area contributed by atoms with E-state index < -0.39 is 6.09 Å². The van der Waals surface area contributed by atoms with E-state index in [-0.39, 0.29) is 6.61 Å². The number of hydrogen-bond acceptors (Lipinski definition) is 3. The van der Waals surface area contributed by atoms with Crippen LogP contribution in [0.4, 0.5) is 4.79 Å². The molecule has 0 spiro atoms. The van der Waals surface area contributed by atoms with E-state index in [0.29, 0.717) is 28.8 Å². The van der Waals surface area contributed by atoms with E-state index in [1.165, 1.54) is 11.9 Å². The van der Waals surface area contributed by atoms with Crippen LogP contribution in [0.5, 0.6) is 17.2 Å². The Hall–Kier alpha value is -2.40. The number of aryl methyl sites for hydroxylation is 1. The van der Waals surface area contributed by atoms with Gasteiger partial charge in [0.25, 0.3) is 0 Å². The molecule has 6 heteroatoms. The van der Waals surface area contributed by atoms with Gasteiger partial charge in [-0.3, -0.25) is 0 Å². The Kier molecular flexibility index (Phi) is 5.71. The summed E-state index contributed by atoms with van der Waals surface area (Å²) in [6.07, 6.45) is -0.978. The van der Waals surface area contributed by atoms with E-state index in [0.717, 1.165) is 5.56 Å². The summed E-state index contributed by atoms with van der Waals surface area (Å²) >= 11 is 5.97. The van der Waals surface area contributed by atoms with Gasteiger partial charge >= 0.3 is 6.09 Å². The molecule has 1 N–H and O–H groups in total. The van der Waals surface area contributed by atoms with Crippen molar-refractivity contribution >= 4 is 17.7 Å². The lowest BCUT2D eigenvalue weighted by Gasteiger charge is -2.14. The number of hydrogen-bond donors (Lipinski definition) is 1. The highest BCUT2D eigenvalue weighted by molar-refractivity contribution is 6.30. The highest BCUT2D eigenvalue weighted by Gasteiger charge is 2.06.